The Morgan fingerprint density at radius 3 is 2.33 bits per heavy atom. The van der Waals surface area contributed by atoms with Crippen LogP contribution in [0.25, 0.3) is 0 Å². The van der Waals surface area contributed by atoms with Crippen molar-refractivity contribution in [1.29, 1.82) is 0 Å². The first-order valence-corrected chi connectivity index (χ1v) is 8.57. The van der Waals surface area contributed by atoms with Crippen molar-refractivity contribution in [2.24, 2.45) is 0 Å². The summed E-state index contributed by atoms with van der Waals surface area (Å²) < 4.78 is 28.5. The Labute approximate surface area is 157 Å². The van der Waals surface area contributed by atoms with Crippen LogP contribution in [0.4, 0.5) is 10.1 Å². The molecule has 0 unspecified atom stereocenters. The number of carbonyl (C=O) groups excluding carboxylic acids is 2. The van der Waals surface area contributed by atoms with Gasteiger partial charge in [0.2, 0.25) is 0 Å². The van der Waals surface area contributed by atoms with Crippen LogP contribution in [-0.4, -0.2) is 37.8 Å². The number of benzene rings is 2. The van der Waals surface area contributed by atoms with Gasteiger partial charge in [0.1, 0.15) is 18.2 Å². The maximum Gasteiger partial charge on any atom is 0.347 e. The minimum Gasteiger partial charge on any atom is -0.479 e. The highest BCUT2D eigenvalue weighted by Crippen LogP contribution is 2.16. The van der Waals surface area contributed by atoms with E-state index in [-0.39, 0.29) is 18.3 Å². The molecule has 1 N–H and O–H groups in total. The van der Waals surface area contributed by atoms with E-state index in [1.807, 2.05) is 6.92 Å². The van der Waals surface area contributed by atoms with Crippen LogP contribution in [0, 0.1) is 5.82 Å². The molecule has 1 amide bonds. The van der Waals surface area contributed by atoms with Gasteiger partial charge in [-0.15, -0.1) is 0 Å². The molecule has 2 rings (SSSR count). The Morgan fingerprint density at radius 2 is 1.70 bits per heavy atom. The molecule has 0 aliphatic heterocycles. The number of esters is 1. The molecule has 0 spiro atoms. The summed E-state index contributed by atoms with van der Waals surface area (Å²) in [4.78, 5) is 24.0. The molecule has 144 valence electrons. The van der Waals surface area contributed by atoms with Gasteiger partial charge in [-0.1, -0.05) is 0 Å². The standard InChI is InChI=1S/C20H22FNO5/c1-3-25-12-13-26-20(24)14(2)27-18-10-4-15(5-11-18)19(23)22-17-8-6-16(21)7-9-17/h4-11,14H,3,12-13H2,1-2H3,(H,22,23)/t14-/m1/s1. The van der Waals surface area contributed by atoms with Crippen molar-refractivity contribution >= 4 is 17.6 Å². The van der Waals surface area contributed by atoms with E-state index < -0.39 is 12.1 Å². The van der Waals surface area contributed by atoms with Gasteiger partial charge in [-0.05, 0) is 62.4 Å². The molecule has 2 aromatic rings. The average molecular weight is 375 g/mol. The van der Waals surface area contributed by atoms with Crippen LogP contribution < -0.4 is 10.1 Å². The first kappa shape index (κ1) is 20.4. The SMILES string of the molecule is CCOCCOC(=O)[C@@H](C)Oc1ccc(C(=O)Nc2ccc(F)cc2)cc1. The number of rotatable bonds is 9. The second-order valence-electron chi connectivity index (χ2n) is 5.61. The van der Waals surface area contributed by atoms with E-state index in [0.717, 1.165) is 0 Å². The van der Waals surface area contributed by atoms with E-state index >= 15 is 0 Å². The molecule has 0 aliphatic carbocycles. The molecule has 27 heavy (non-hydrogen) atoms. The maximum absolute atomic E-state index is 12.9. The van der Waals surface area contributed by atoms with Crippen molar-refractivity contribution < 1.29 is 28.2 Å². The fourth-order valence-electron chi connectivity index (χ4n) is 2.14. The predicted molar refractivity (Wildman–Crippen MR) is 98.3 cm³/mol. The Morgan fingerprint density at radius 1 is 1.04 bits per heavy atom. The number of halogens is 1. The van der Waals surface area contributed by atoms with Crippen LogP contribution in [0.5, 0.6) is 5.75 Å². The normalized spacial score (nSPS) is 11.5. The van der Waals surface area contributed by atoms with Crippen molar-refractivity contribution in [2.45, 2.75) is 20.0 Å². The predicted octanol–water partition coefficient (Wildman–Crippen LogP) is 3.43. The van der Waals surface area contributed by atoms with Crippen molar-refractivity contribution in [3.05, 3.63) is 59.9 Å². The molecule has 0 bridgehead atoms. The molecule has 2 aromatic carbocycles. The molecule has 0 heterocycles. The zero-order valence-corrected chi connectivity index (χ0v) is 15.2. The highest BCUT2D eigenvalue weighted by molar-refractivity contribution is 6.04. The Bertz CT molecular complexity index is 746. The summed E-state index contributed by atoms with van der Waals surface area (Å²) in [5.74, 6) is -0.771. The number of hydrogen-bond donors (Lipinski definition) is 1. The Balaban J connectivity index is 1.85. The lowest BCUT2D eigenvalue weighted by atomic mass is 10.2. The lowest BCUT2D eigenvalue weighted by molar-refractivity contribution is -0.152. The molecule has 0 aromatic heterocycles. The fourth-order valence-corrected chi connectivity index (χ4v) is 2.14. The van der Waals surface area contributed by atoms with E-state index in [0.29, 0.717) is 30.2 Å². The summed E-state index contributed by atoms with van der Waals surface area (Å²) in [7, 11) is 0. The smallest absolute Gasteiger partial charge is 0.347 e. The van der Waals surface area contributed by atoms with Crippen molar-refractivity contribution in [1.82, 2.24) is 0 Å². The van der Waals surface area contributed by atoms with Gasteiger partial charge in [0.25, 0.3) is 5.91 Å². The lowest BCUT2D eigenvalue weighted by Gasteiger charge is -2.14. The van der Waals surface area contributed by atoms with Gasteiger partial charge in [-0.25, -0.2) is 9.18 Å². The Kier molecular flexibility index (Phi) is 7.76. The average Bonchev–Trinajstić information content (AvgIpc) is 2.67. The molecule has 0 radical (unpaired) electrons. The highest BCUT2D eigenvalue weighted by atomic mass is 19.1. The number of amides is 1. The first-order chi connectivity index (χ1) is 13.0. The highest BCUT2D eigenvalue weighted by Gasteiger charge is 2.16. The second kappa shape index (κ2) is 10.3. The Hall–Kier alpha value is -2.93. The number of ether oxygens (including phenoxy) is 3. The third-order valence-electron chi connectivity index (χ3n) is 3.54. The molecule has 0 saturated carbocycles. The van der Waals surface area contributed by atoms with Crippen LogP contribution >= 0.6 is 0 Å². The van der Waals surface area contributed by atoms with E-state index in [4.69, 9.17) is 14.2 Å². The van der Waals surface area contributed by atoms with Crippen LogP contribution in [0.1, 0.15) is 24.2 Å². The van der Waals surface area contributed by atoms with Crippen molar-refractivity contribution in [3.63, 3.8) is 0 Å². The van der Waals surface area contributed by atoms with Gasteiger partial charge in [0.15, 0.2) is 6.10 Å². The largest absolute Gasteiger partial charge is 0.479 e. The van der Waals surface area contributed by atoms with Crippen LogP contribution in [-0.2, 0) is 14.3 Å². The van der Waals surface area contributed by atoms with Crippen molar-refractivity contribution in [2.75, 3.05) is 25.1 Å². The molecular formula is C20H22FNO5. The zero-order valence-electron chi connectivity index (χ0n) is 15.2. The van der Waals surface area contributed by atoms with Gasteiger partial charge in [-0.3, -0.25) is 4.79 Å². The summed E-state index contributed by atoms with van der Waals surface area (Å²) in [5, 5.41) is 2.66. The van der Waals surface area contributed by atoms with Gasteiger partial charge < -0.3 is 19.5 Å². The van der Waals surface area contributed by atoms with E-state index in [1.54, 1.807) is 31.2 Å². The van der Waals surface area contributed by atoms with Gasteiger partial charge in [0, 0.05) is 17.9 Å². The monoisotopic (exact) mass is 375 g/mol. The zero-order chi connectivity index (χ0) is 19.6. The molecule has 6 nitrogen and oxygen atoms in total. The van der Waals surface area contributed by atoms with Crippen molar-refractivity contribution in [3.8, 4) is 5.75 Å². The molecule has 7 heteroatoms. The number of carbonyl (C=O) groups is 2. The summed E-state index contributed by atoms with van der Waals surface area (Å²) >= 11 is 0. The van der Waals surface area contributed by atoms with Crippen LogP contribution in [0.2, 0.25) is 0 Å². The summed E-state index contributed by atoms with van der Waals surface area (Å²) in [6.45, 7) is 4.51. The topological polar surface area (TPSA) is 73.9 Å². The van der Waals surface area contributed by atoms with E-state index in [1.165, 1.54) is 24.3 Å². The number of anilines is 1. The van der Waals surface area contributed by atoms with Gasteiger partial charge >= 0.3 is 5.97 Å². The molecule has 1 atom stereocenters. The number of nitrogens with one attached hydrogen (secondary N) is 1. The first-order valence-electron chi connectivity index (χ1n) is 8.57. The van der Waals surface area contributed by atoms with Crippen LogP contribution in [0.3, 0.4) is 0 Å². The fraction of sp³-hybridized carbons (Fsp3) is 0.300. The quantitative estimate of drug-likeness (QED) is 0.537. The van der Waals surface area contributed by atoms with Gasteiger partial charge in [-0.2, -0.15) is 0 Å². The molecule has 0 saturated heterocycles. The van der Waals surface area contributed by atoms with E-state index in [2.05, 4.69) is 5.32 Å². The molecular weight excluding hydrogens is 353 g/mol. The second-order valence-corrected chi connectivity index (χ2v) is 5.61. The minimum atomic E-state index is -0.787. The summed E-state index contributed by atoms with van der Waals surface area (Å²) in [6, 6.07) is 11.8. The third kappa shape index (κ3) is 6.71. The third-order valence-corrected chi connectivity index (χ3v) is 3.54. The minimum absolute atomic E-state index is 0.170. The number of hydrogen-bond acceptors (Lipinski definition) is 5. The maximum atomic E-state index is 12.9. The van der Waals surface area contributed by atoms with E-state index in [9.17, 15) is 14.0 Å². The van der Waals surface area contributed by atoms with Gasteiger partial charge in [0.05, 0.1) is 6.61 Å². The molecule has 0 fully saturated rings. The lowest BCUT2D eigenvalue weighted by Crippen LogP contribution is -2.27. The molecule has 0 aliphatic rings. The summed E-state index contributed by atoms with van der Waals surface area (Å²) in [6.07, 6.45) is -0.787. The summed E-state index contributed by atoms with van der Waals surface area (Å²) in [5.41, 5.74) is 0.892. The van der Waals surface area contributed by atoms with Crippen LogP contribution in [0.15, 0.2) is 48.5 Å².